The Morgan fingerprint density at radius 1 is 1.12 bits per heavy atom. The molecule has 0 spiro atoms. The molecule has 2 aromatic carbocycles. The summed E-state index contributed by atoms with van der Waals surface area (Å²) in [6, 6.07) is 15.7. The van der Waals surface area contributed by atoms with Crippen LogP contribution >= 0.6 is 0 Å². The summed E-state index contributed by atoms with van der Waals surface area (Å²) < 4.78 is 0. The van der Waals surface area contributed by atoms with Crippen LogP contribution in [0.4, 0.5) is 11.4 Å². The standard InChI is InChI=1S/C20H22N2O2/c1-14-11-12-16-7-3-6-10-19(16)22(14)13-20(24)21-18-9-5-4-8-17(18)15(2)23/h3-10,14H,11-13H2,1-2H3,(H,21,24). The molecule has 1 atom stereocenters. The zero-order valence-electron chi connectivity index (χ0n) is 14.1. The van der Waals surface area contributed by atoms with Crippen LogP contribution in [0.3, 0.4) is 0 Å². The van der Waals surface area contributed by atoms with Crippen LogP contribution in [0.15, 0.2) is 48.5 Å². The monoisotopic (exact) mass is 322 g/mol. The third kappa shape index (κ3) is 3.32. The second-order valence-electron chi connectivity index (χ2n) is 6.29. The number of ketones is 1. The van der Waals surface area contributed by atoms with Crippen molar-refractivity contribution in [1.82, 2.24) is 0 Å². The van der Waals surface area contributed by atoms with E-state index in [1.54, 1.807) is 18.2 Å². The van der Waals surface area contributed by atoms with Gasteiger partial charge < -0.3 is 10.2 Å². The summed E-state index contributed by atoms with van der Waals surface area (Å²) in [5.41, 5.74) is 3.53. The van der Waals surface area contributed by atoms with Gasteiger partial charge in [0, 0.05) is 17.3 Å². The smallest absolute Gasteiger partial charge is 0.243 e. The van der Waals surface area contributed by atoms with Crippen LogP contribution in [-0.2, 0) is 11.2 Å². The second kappa shape index (κ2) is 6.87. The maximum Gasteiger partial charge on any atom is 0.243 e. The van der Waals surface area contributed by atoms with Gasteiger partial charge in [-0.25, -0.2) is 0 Å². The second-order valence-corrected chi connectivity index (χ2v) is 6.29. The number of carbonyl (C=O) groups is 2. The summed E-state index contributed by atoms with van der Waals surface area (Å²) in [7, 11) is 0. The Labute approximate surface area is 142 Å². The van der Waals surface area contributed by atoms with Crippen LogP contribution in [0.2, 0.25) is 0 Å². The minimum atomic E-state index is -0.104. The molecule has 0 fully saturated rings. The summed E-state index contributed by atoms with van der Waals surface area (Å²) in [5.74, 6) is -0.158. The van der Waals surface area contributed by atoms with E-state index >= 15 is 0 Å². The van der Waals surface area contributed by atoms with Crippen molar-refractivity contribution in [3.05, 3.63) is 59.7 Å². The molecule has 3 rings (SSSR count). The van der Waals surface area contributed by atoms with Gasteiger partial charge in [0.15, 0.2) is 5.78 Å². The van der Waals surface area contributed by atoms with E-state index in [9.17, 15) is 9.59 Å². The van der Waals surface area contributed by atoms with Crippen molar-refractivity contribution < 1.29 is 9.59 Å². The molecule has 4 heteroatoms. The SMILES string of the molecule is CC(=O)c1ccccc1NC(=O)CN1c2ccccc2CCC1C. The Morgan fingerprint density at radius 3 is 2.62 bits per heavy atom. The topological polar surface area (TPSA) is 49.4 Å². The molecule has 1 aliphatic rings. The van der Waals surface area contributed by atoms with Crippen molar-refractivity contribution in [3.63, 3.8) is 0 Å². The first-order chi connectivity index (χ1) is 11.6. The van der Waals surface area contributed by atoms with Gasteiger partial charge in [-0.15, -0.1) is 0 Å². The number of aryl methyl sites for hydroxylation is 1. The lowest BCUT2D eigenvalue weighted by atomic mass is 9.96. The van der Waals surface area contributed by atoms with E-state index in [1.807, 2.05) is 18.2 Å². The molecule has 1 aliphatic heterocycles. The lowest BCUT2D eigenvalue weighted by Gasteiger charge is -2.36. The van der Waals surface area contributed by atoms with Crippen LogP contribution in [-0.4, -0.2) is 24.3 Å². The van der Waals surface area contributed by atoms with Crippen molar-refractivity contribution >= 4 is 23.1 Å². The Kier molecular flexibility index (Phi) is 4.65. The fraction of sp³-hybridized carbons (Fsp3) is 0.300. The predicted molar refractivity (Wildman–Crippen MR) is 96.6 cm³/mol. The van der Waals surface area contributed by atoms with Crippen LogP contribution in [0, 0.1) is 0 Å². The molecule has 1 unspecified atom stereocenters. The van der Waals surface area contributed by atoms with Crippen LogP contribution in [0.25, 0.3) is 0 Å². The number of nitrogens with one attached hydrogen (secondary N) is 1. The van der Waals surface area contributed by atoms with Gasteiger partial charge in [0.05, 0.1) is 12.2 Å². The molecule has 1 amide bonds. The molecule has 24 heavy (non-hydrogen) atoms. The lowest BCUT2D eigenvalue weighted by molar-refractivity contribution is -0.115. The molecule has 124 valence electrons. The van der Waals surface area contributed by atoms with Crippen LogP contribution in [0.1, 0.15) is 36.2 Å². The first kappa shape index (κ1) is 16.2. The fourth-order valence-electron chi connectivity index (χ4n) is 3.24. The van der Waals surface area contributed by atoms with E-state index in [4.69, 9.17) is 0 Å². The molecule has 1 heterocycles. The van der Waals surface area contributed by atoms with Crippen LogP contribution < -0.4 is 10.2 Å². The van der Waals surface area contributed by atoms with Crippen molar-refractivity contribution in [2.75, 3.05) is 16.8 Å². The van der Waals surface area contributed by atoms with Crippen molar-refractivity contribution in [3.8, 4) is 0 Å². The van der Waals surface area contributed by atoms with Crippen molar-refractivity contribution in [2.45, 2.75) is 32.7 Å². The van der Waals surface area contributed by atoms with Crippen LogP contribution in [0.5, 0.6) is 0 Å². The van der Waals surface area contributed by atoms with Crippen molar-refractivity contribution in [2.24, 2.45) is 0 Å². The molecule has 0 saturated heterocycles. The highest BCUT2D eigenvalue weighted by molar-refractivity contribution is 6.04. The van der Waals surface area contributed by atoms with Gasteiger partial charge in [0.1, 0.15) is 0 Å². The quantitative estimate of drug-likeness (QED) is 0.874. The van der Waals surface area contributed by atoms with E-state index < -0.39 is 0 Å². The van der Waals surface area contributed by atoms with E-state index in [1.165, 1.54) is 12.5 Å². The number of amides is 1. The number of rotatable bonds is 4. The minimum absolute atomic E-state index is 0.0532. The normalized spacial score (nSPS) is 16.4. The van der Waals surface area contributed by atoms with Gasteiger partial charge in [-0.3, -0.25) is 9.59 Å². The number of fused-ring (bicyclic) bond motifs is 1. The number of hydrogen-bond acceptors (Lipinski definition) is 3. The highest BCUT2D eigenvalue weighted by Gasteiger charge is 2.24. The largest absolute Gasteiger partial charge is 0.359 e. The number of carbonyl (C=O) groups excluding carboxylic acids is 2. The summed E-state index contributed by atoms with van der Waals surface area (Å²) in [6.45, 7) is 3.94. The number of Topliss-reactive ketones (excluding diaryl/α,β-unsaturated/α-hetero) is 1. The summed E-state index contributed by atoms with van der Waals surface area (Å²) in [5, 5.41) is 2.89. The zero-order valence-corrected chi connectivity index (χ0v) is 14.1. The molecule has 0 bridgehead atoms. The third-order valence-corrected chi connectivity index (χ3v) is 4.56. The van der Waals surface area contributed by atoms with E-state index in [-0.39, 0.29) is 18.2 Å². The summed E-state index contributed by atoms with van der Waals surface area (Å²) in [6.07, 6.45) is 2.08. The molecule has 1 N–H and O–H groups in total. The number of benzene rings is 2. The van der Waals surface area contributed by atoms with Crippen molar-refractivity contribution in [1.29, 1.82) is 0 Å². The zero-order chi connectivity index (χ0) is 17.1. The summed E-state index contributed by atoms with van der Waals surface area (Å²) in [4.78, 5) is 26.4. The predicted octanol–water partition coefficient (Wildman–Crippen LogP) is 3.67. The molecular weight excluding hydrogens is 300 g/mol. The highest BCUT2D eigenvalue weighted by atomic mass is 16.2. The number of para-hydroxylation sites is 2. The van der Waals surface area contributed by atoms with Gasteiger partial charge in [0.2, 0.25) is 5.91 Å². The molecule has 0 aliphatic carbocycles. The van der Waals surface area contributed by atoms with Gasteiger partial charge in [-0.1, -0.05) is 30.3 Å². The van der Waals surface area contributed by atoms with Gasteiger partial charge in [-0.2, -0.15) is 0 Å². The molecule has 0 saturated carbocycles. The first-order valence-electron chi connectivity index (χ1n) is 8.30. The first-order valence-corrected chi connectivity index (χ1v) is 8.30. The van der Waals surface area contributed by atoms with Gasteiger partial charge in [0.25, 0.3) is 0 Å². The number of nitrogens with zero attached hydrogens (tertiary/aromatic N) is 1. The Morgan fingerprint density at radius 2 is 1.83 bits per heavy atom. The molecule has 2 aromatic rings. The Bertz CT molecular complexity index is 770. The summed E-state index contributed by atoms with van der Waals surface area (Å²) >= 11 is 0. The van der Waals surface area contributed by atoms with E-state index in [0.717, 1.165) is 18.5 Å². The minimum Gasteiger partial charge on any atom is -0.359 e. The number of anilines is 2. The molecular formula is C20H22N2O2. The highest BCUT2D eigenvalue weighted by Crippen LogP contribution is 2.30. The molecule has 4 nitrogen and oxygen atoms in total. The third-order valence-electron chi connectivity index (χ3n) is 4.56. The molecule has 0 radical (unpaired) electrons. The fourth-order valence-corrected chi connectivity index (χ4v) is 3.24. The van der Waals surface area contributed by atoms with Gasteiger partial charge >= 0.3 is 0 Å². The Hall–Kier alpha value is -2.62. The van der Waals surface area contributed by atoms with E-state index in [0.29, 0.717) is 17.3 Å². The maximum atomic E-state index is 12.5. The molecule has 0 aromatic heterocycles. The Balaban J connectivity index is 1.77. The maximum absolute atomic E-state index is 12.5. The lowest BCUT2D eigenvalue weighted by Crippen LogP contribution is -2.42. The average Bonchev–Trinajstić information content (AvgIpc) is 2.58. The average molecular weight is 322 g/mol. The number of hydrogen-bond donors (Lipinski definition) is 1. The van der Waals surface area contributed by atoms with Gasteiger partial charge in [-0.05, 0) is 50.5 Å². The van der Waals surface area contributed by atoms with E-state index in [2.05, 4.69) is 29.3 Å².